The molecule has 5 nitrogen and oxygen atoms in total. The van der Waals surface area contributed by atoms with Crippen molar-refractivity contribution < 1.29 is 8.42 Å². The van der Waals surface area contributed by atoms with Gasteiger partial charge in [0.15, 0.2) is 4.91 Å². The van der Waals surface area contributed by atoms with E-state index in [1.165, 1.54) is 0 Å². The predicted octanol–water partition coefficient (Wildman–Crippen LogP) is 5.60. The summed E-state index contributed by atoms with van der Waals surface area (Å²) in [4.78, 5) is 1.95. The highest BCUT2D eigenvalue weighted by Crippen LogP contribution is 2.45. The Morgan fingerprint density at radius 2 is 1.52 bits per heavy atom. The quantitative estimate of drug-likeness (QED) is 0.558. The molecule has 33 heavy (non-hydrogen) atoms. The molecule has 0 aromatic heterocycles. The van der Waals surface area contributed by atoms with Crippen LogP contribution < -0.4 is 0 Å². The molecule has 0 atom stereocenters. The molecule has 6 heteroatoms. The van der Waals surface area contributed by atoms with E-state index < -0.39 is 9.84 Å². The lowest BCUT2D eigenvalue weighted by Crippen LogP contribution is -2.30. The molecule has 0 saturated carbocycles. The average Bonchev–Trinajstić information content (AvgIpc) is 3.34. The normalized spacial score (nSPS) is 19.7. The number of hydrogen-bond donors (Lipinski definition) is 0. The lowest BCUT2D eigenvalue weighted by atomic mass is 9.73. The van der Waals surface area contributed by atoms with Gasteiger partial charge in [-0.2, -0.15) is 10.5 Å². The van der Waals surface area contributed by atoms with Gasteiger partial charge < -0.3 is 4.90 Å². The van der Waals surface area contributed by atoms with Crippen molar-refractivity contribution in [3.05, 3.63) is 76.3 Å². The summed E-state index contributed by atoms with van der Waals surface area (Å²) >= 11 is 0. The van der Waals surface area contributed by atoms with Gasteiger partial charge in [-0.15, -0.1) is 0 Å². The third-order valence-electron chi connectivity index (χ3n) is 6.41. The fourth-order valence-electron chi connectivity index (χ4n) is 4.79. The first-order valence-corrected chi connectivity index (χ1v) is 12.7. The summed E-state index contributed by atoms with van der Waals surface area (Å²) in [6, 6.07) is 20.5. The zero-order valence-corrected chi connectivity index (χ0v) is 19.8. The minimum Gasteiger partial charge on any atom is -0.374 e. The number of allylic oxidation sites excluding steroid dienone is 4. The number of benzene rings is 2. The van der Waals surface area contributed by atoms with E-state index in [4.69, 9.17) is 0 Å². The highest BCUT2D eigenvalue weighted by atomic mass is 32.2. The highest BCUT2D eigenvalue weighted by molar-refractivity contribution is 7.95. The Bertz CT molecular complexity index is 1300. The van der Waals surface area contributed by atoms with E-state index in [0.29, 0.717) is 24.0 Å². The zero-order chi connectivity index (χ0) is 23.6. The van der Waals surface area contributed by atoms with Crippen molar-refractivity contribution in [2.75, 3.05) is 13.1 Å². The van der Waals surface area contributed by atoms with Crippen LogP contribution in [0.3, 0.4) is 0 Å². The van der Waals surface area contributed by atoms with Gasteiger partial charge >= 0.3 is 0 Å². The Morgan fingerprint density at radius 1 is 0.909 bits per heavy atom. The van der Waals surface area contributed by atoms with Gasteiger partial charge in [0.25, 0.3) is 0 Å². The minimum atomic E-state index is -4.08. The van der Waals surface area contributed by atoms with Crippen LogP contribution in [-0.4, -0.2) is 26.4 Å². The minimum absolute atomic E-state index is 0.0645. The van der Waals surface area contributed by atoms with Crippen LogP contribution in [0.15, 0.2) is 81.2 Å². The van der Waals surface area contributed by atoms with Crippen LogP contribution in [0.1, 0.15) is 39.5 Å². The molecule has 0 unspecified atom stereocenters. The van der Waals surface area contributed by atoms with E-state index in [-0.39, 0.29) is 15.2 Å². The lowest BCUT2D eigenvalue weighted by molar-refractivity contribution is 0.287. The van der Waals surface area contributed by atoms with Crippen LogP contribution >= 0.6 is 0 Å². The van der Waals surface area contributed by atoms with Crippen molar-refractivity contribution in [3.8, 4) is 23.3 Å². The number of rotatable bonds is 4. The molecule has 2 aliphatic rings. The van der Waals surface area contributed by atoms with E-state index in [9.17, 15) is 18.9 Å². The fourth-order valence-corrected chi connectivity index (χ4v) is 6.14. The van der Waals surface area contributed by atoms with Crippen LogP contribution in [-0.2, 0) is 9.84 Å². The summed E-state index contributed by atoms with van der Waals surface area (Å²) in [6.45, 7) is 5.85. The van der Waals surface area contributed by atoms with Crippen LogP contribution in [0, 0.1) is 28.1 Å². The van der Waals surface area contributed by atoms with E-state index in [2.05, 4.69) is 24.8 Å². The number of sulfone groups is 1. The Hall–Kier alpha value is -3.35. The smallest absolute Gasteiger partial charge is 0.216 e. The average molecular weight is 458 g/mol. The topological polar surface area (TPSA) is 85.0 Å². The fraction of sp³-hybridized carbons (Fsp3) is 0.333. The zero-order valence-electron chi connectivity index (χ0n) is 19.0. The lowest BCUT2D eigenvalue weighted by Gasteiger charge is -2.37. The molecule has 1 heterocycles. The van der Waals surface area contributed by atoms with Crippen molar-refractivity contribution in [2.24, 2.45) is 5.41 Å². The van der Waals surface area contributed by atoms with Crippen LogP contribution in [0.4, 0.5) is 0 Å². The first-order valence-electron chi connectivity index (χ1n) is 11.2. The Labute approximate surface area is 196 Å². The molecule has 0 N–H and O–H groups in total. The van der Waals surface area contributed by atoms with Gasteiger partial charge in [-0.3, -0.25) is 0 Å². The maximum atomic E-state index is 13.6. The van der Waals surface area contributed by atoms with Gasteiger partial charge in [-0.05, 0) is 54.4 Å². The second-order valence-corrected chi connectivity index (χ2v) is 11.3. The summed E-state index contributed by atoms with van der Waals surface area (Å²) in [6.07, 6.45) is 3.18. The van der Waals surface area contributed by atoms with Crippen LogP contribution in [0.25, 0.3) is 11.1 Å². The number of nitrogens with zero attached hydrogens (tertiary/aromatic N) is 3. The molecular weight excluding hydrogens is 430 g/mol. The molecule has 0 radical (unpaired) electrons. The second kappa shape index (κ2) is 8.89. The number of likely N-dealkylation sites (tertiary alicyclic amines) is 1. The molecule has 2 aromatic rings. The van der Waals surface area contributed by atoms with Crippen molar-refractivity contribution in [1.29, 1.82) is 10.5 Å². The first kappa shape index (κ1) is 22.8. The monoisotopic (exact) mass is 457 g/mol. The van der Waals surface area contributed by atoms with Gasteiger partial charge in [-0.25, -0.2) is 8.42 Å². The van der Waals surface area contributed by atoms with Crippen LogP contribution in [0.5, 0.6) is 0 Å². The third-order valence-corrected chi connectivity index (χ3v) is 8.18. The molecule has 1 saturated heterocycles. The van der Waals surface area contributed by atoms with Crippen molar-refractivity contribution in [3.63, 3.8) is 0 Å². The Kier molecular flexibility index (Phi) is 6.15. The van der Waals surface area contributed by atoms with E-state index in [0.717, 1.165) is 42.8 Å². The summed E-state index contributed by atoms with van der Waals surface area (Å²) in [5.74, 6) is 0. The van der Waals surface area contributed by atoms with Crippen molar-refractivity contribution in [2.45, 2.75) is 44.4 Å². The molecule has 1 fully saturated rings. The molecule has 0 bridgehead atoms. The Balaban J connectivity index is 1.83. The molecule has 168 valence electrons. The third kappa shape index (κ3) is 4.45. The maximum absolute atomic E-state index is 13.6. The second-order valence-electron chi connectivity index (χ2n) is 9.46. The van der Waals surface area contributed by atoms with Gasteiger partial charge in [-0.1, -0.05) is 56.3 Å². The summed E-state index contributed by atoms with van der Waals surface area (Å²) in [5, 5.41) is 20.0. The predicted molar refractivity (Wildman–Crippen MR) is 128 cm³/mol. The molecule has 1 aliphatic carbocycles. The van der Waals surface area contributed by atoms with Crippen molar-refractivity contribution in [1.82, 2.24) is 4.90 Å². The largest absolute Gasteiger partial charge is 0.374 e. The number of nitriles is 2. The summed E-state index contributed by atoms with van der Waals surface area (Å²) in [5.41, 5.74) is 3.22. The summed E-state index contributed by atoms with van der Waals surface area (Å²) < 4.78 is 27.2. The van der Waals surface area contributed by atoms with E-state index >= 15 is 0 Å². The molecule has 1 aliphatic heterocycles. The molecule has 0 amide bonds. The number of hydrogen-bond acceptors (Lipinski definition) is 5. The van der Waals surface area contributed by atoms with Gasteiger partial charge in [0.05, 0.1) is 10.5 Å². The first-order chi connectivity index (χ1) is 15.8. The summed E-state index contributed by atoms with van der Waals surface area (Å²) in [7, 11) is -4.08. The molecule has 0 spiro atoms. The van der Waals surface area contributed by atoms with E-state index in [1.54, 1.807) is 24.3 Å². The standard InChI is InChI=1S/C27H27N3O2S/c1-27(2)16-23(24(18-28)25(17-27)30-14-6-7-15-30)26(19-29)33(31,32)22-12-10-21(11-13-22)20-8-4-3-5-9-20/h3-5,8-13H,6-7,14-17H2,1-2H3/b26-23+. The molecule has 4 rings (SSSR count). The van der Waals surface area contributed by atoms with Crippen LogP contribution in [0.2, 0.25) is 0 Å². The highest BCUT2D eigenvalue weighted by Gasteiger charge is 2.38. The Morgan fingerprint density at radius 3 is 2.09 bits per heavy atom. The molecular formula is C27H27N3O2S. The maximum Gasteiger partial charge on any atom is 0.216 e. The van der Waals surface area contributed by atoms with Crippen molar-refractivity contribution >= 4 is 9.84 Å². The SMILES string of the molecule is CC1(C)CC(N2CCCC2)=C(C#N)/C(=C(\C#N)S(=O)(=O)c2ccc(-c3ccccc3)cc2)C1. The van der Waals surface area contributed by atoms with Gasteiger partial charge in [0.1, 0.15) is 12.1 Å². The molecule has 2 aromatic carbocycles. The van der Waals surface area contributed by atoms with Gasteiger partial charge in [0, 0.05) is 24.4 Å². The van der Waals surface area contributed by atoms with Gasteiger partial charge in [0.2, 0.25) is 9.84 Å². The van der Waals surface area contributed by atoms with E-state index in [1.807, 2.05) is 36.4 Å².